The van der Waals surface area contributed by atoms with E-state index < -0.39 is 10.0 Å². The normalized spacial score (nSPS) is 12.3. The van der Waals surface area contributed by atoms with Gasteiger partial charge >= 0.3 is 0 Å². The van der Waals surface area contributed by atoms with Crippen molar-refractivity contribution in [2.24, 2.45) is 18.1 Å². The minimum atomic E-state index is -3.92. The van der Waals surface area contributed by atoms with Crippen molar-refractivity contribution in [3.05, 3.63) is 11.8 Å². The summed E-state index contributed by atoms with van der Waals surface area (Å²) in [5.74, 6) is 0.682. The molecule has 9 heteroatoms. The van der Waals surface area contributed by atoms with Crippen LogP contribution in [0.25, 0.3) is 11.5 Å². The van der Waals surface area contributed by atoms with Crippen LogP contribution < -0.4 is 5.14 Å². The van der Waals surface area contributed by atoms with Gasteiger partial charge < -0.3 is 0 Å². The second-order valence-electron chi connectivity index (χ2n) is 5.35. The van der Waals surface area contributed by atoms with E-state index in [-0.39, 0.29) is 11.1 Å². The first-order valence-electron chi connectivity index (χ1n) is 6.73. The maximum atomic E-state index is 11.7. The van der Waals surface area contributed by atoms with Crippen LogP contribution in [0.2, 0.25) is 0 Å². The molecular weight excluding hydrogens is 292 g/mol. The predicted octanol–water partition coefficient (Wildman–Crippen LogP) is 0.544. The number of primary sulfonamides is 1. The molecule has 0 aromatic carbocycles. The summed E-state index contributed by atoms with van der Waals surface area (Å²) in [5.41, 5.74) is 1.62. The molecule has 2 rings (SSSR count). The molecule has 0 unspecified atom stereocenters. The van der Waals surface area contributed by atoms with Crippen LogP contribution in [-0.4, -0.2) is 33.0 Å². The van der Waals surface area contributed by atoms with Crippen molar-refractivity contribution < 1.29 is 8.42 Å². The lowest BCUT2D eigenvalue weighted by Gasteiger charge is -2.11. The van der Waals surface area contributed by atoms with Gasteiger partial charge in [0.15, 0.2) is 5.82 Å². The molecule has 0 spiro atoms. The van der Waals surface area contributed by atoms with E-state index in [1.54, 1.807) is 11.7 Å². The zero-order chi connectivity index (χ0) is 15.8. The van der Waals surface area contributed by atoms with Crippen molar-refractivity contribution >= 4 is 10.0 Å². The predicted molar refractivity (Wildman–Crippen MR) is 77.8 cm³/mol. The molecule has 116 valence electrons. The van der Waals surface area contributed by atoms with E-state index in [1.807, 2.05) is 26.8 Å². The van der Waals surface area contributed by atoms with Crippen molar-refractivity contribution in [2.45, 2.75) is 38.9 Å². The molecule has 0 aliphatic rings. The van der Waals surface area contributed by atoms with Gasteiger partial charge in [-0.15, -0.1) is 10.2 Å². The molecule has 0 aliphatic heterocycles. The van der Waals surface area contributed by atoms with Gasteiger partial charge in [-0.1, -0.05) is 20.8 Å². The van der Waals surface area contributed by atoms with Gasteiger partial charge in [-0.2, -0.15) is 5.10 Å². The van der Waals surface area contributed by atoms with E-state index in [4.69, 9.17) is 5.14 Å². The van der Waals surface area contributed by atoms with Gasteiger partial charge in [0.25, 0.3) is 15.2 Å². The molecule has 0 saturated carbocycles. The van der Waals surface area contributed by atoms with Crippen molar-refractivity contribution in [1.82, 2.24) is 24.5 Å². The molecule has 0 saturated heterocycles. The van der Waals surface area contributed by atoms with Crippen molar-refractivity contribution in [1.29, 1.82) is 0 Å². The number of aromatic nitrogens is 5. The highest BCUT2D eigenvalue weighted by molar-refractivity contribution is 7.89. The van der Waals surface area contributed by atoms with Gasteiger partial charge in [0.2, 0.25) is 0 Å². The van der Waals surface area contributed by atoms with Crippen LogP contribution >= 0.6 is 0 Å². The molecule has 2 N–H and O–H groups in total. The first-order valence-corrected chi connectivity index (χ1v) is 8.28. The van der Waals surface area contributed by atoms with Crippen LogP contribution in [-0.2, 0) is 30.0 Å². The van der Waals surface area contributed by atoms with E-state index in [2.05, 4.69) is 15.3 Å². The van der Waals surface area contributed by atoms with E-state index >= 15 is 0 Å². The summed E-state index contributed by atoms with van der Waals surface area (Å²) in [4.78, 5) is 0. The van der Waals surface area contributed by atoms with Crippen molar-refractivity contribution in [3.63, 3.8) is 0 Å². The number of nitrogens with zero attached hydrogens (tertiary/aromatic N) is 5. The Morgan fingerprint density at radius 2 is 2.00 bits per heavy atom. The molecule has 21 heavy (non-hydrogen) atoms. The van der Waals surface area contributed by atoms with Gasteiger partial charge in [0.05, 0.1) is 5.69 Å². The van der Waals surface area contributed by atoms with Crippen molar-refractivity contribution in [2.75, 3.05) is 0 Å². The minimum Gasteiger partial charge on any atom is -0.295 e. The van der Waals surface area contributed by atoms with Crippen LogP contribution in [0, 0.1) is 5.92 Å². The summed E-state index contributed by atoms with van der Waals surface area (Å²) in [6, 6.07) is 1.88. The Morgan fingerprint density at radius 1 is 1.33 bits per heavy atom. The lowest BCUT2D eigenvalue weighted by atomic mass is 10.2. The van der Waals surface area contributed by atoms with Gasteiger partial charge in [0.1, 0.15) is 5.69 Å². The summed E-state index contributed by atoms with van der Waals surface area (Å²) in [6.07, 6.45) is 0.786. The van der Waals surface area contributed by atoms with Gasteiger partial charge in [-0.05, 0) is 18.4 Å². The summed E-state index contributed by atoms with van der Waals surface area (Å²) >= 11 is 0. The first kappa shape index (κ1) is 15.6. The maximum Gasteiger partial charge on any atom is 0.273 e. The summed E-state index contributed by atoms with van der Waals surface area (Å²) in [6.45, 7) is 6.43. The molecule has 0 amide bonds. The Hall–Kier alpha value is -1.74. The minimum absolute atomic E-state index is 0.217. The zero-order valence-corrected chi connectivity index (χ0v) is 13.4. The number of aryl methyl sites for hydroxylation is 2. The second kappa shape index (κ2) is 5.57. The second-order valence-corrected chi connectivity index (χ2v) is 6.81. The Labute approximate surface area is 124 Å². The fourth-order valence-electron chi connectivity index (χ4n) is 2.13. The molecule has 0 aliphatic carbocycles. The van der Waals surface area contributed by atoms with Gasteiger partial charge in [-0.25, -0.2) is 13.6 Å². The van der Waals surface area contributed by atoms with Crippen molar-refractivity contribution in [3.8, 4) is 11.5 Å². The molecule has 0 atom stereocenters. The van der Waals surface area contributed by atoms with Crippen LogP contribution in [0.15, 0.2) is 11.2 Å². The monoisotopic (exact) mass is 312 g/mol. The van der Waals surface area contributed by atoms with Crippen LogP contribution in [0.3, 0.4) is 0 Å². The van der Waals surface area contributed by atoms with Crippen LogP contribution in [0.1, 0.15) is 26.5 Å². The summed E-state index contributed by atoms with van der Waals surface area (Å²) in [7, 11) is -2.13. The molecule has 2 aromatic heterocycles. The lowest BCUT2D eigenvalue weighted by Crippen LogP contribution is -2.20. The fraction of sp³-hybridized carbons (Fsp3) is 0.583. The zero-order valence-electron chi connectivity index (χ0n) is 12.6. The van der Waals surface area contributed by atoms with E-state index in [1.165, 1.54) is 4.57 Å². The molecular formula is C12H20N6O2S. The molecule has 0 bridgehead atoms. The topological polar surface area (TPSA) is 109 Å². The number of nitrogens with two attached hydrogens (primary N) is 1. The Morgan fingerprint density at radius 3 is 2.48 bits per heavy atom. The highest BCUT2D eigenvalue weighted by Gasteiger charge is 2.24. The Kier molecular flexibility index (Phi) is 4.15. The average Bonchev–Trinajstić information content (AvgIpc) is 2.91. The standard InChI is InChI=1S/C12H20N6O2S/c1-5-9-6-10(17(4)16-9)11-14-15-12(21(13,19)20)18(11)7-8(2)3/h6,8H,5,7H2,1-4H3,(H2,13,19,20). The first-order chi connectivity index (χ1) is 9.74. The average molecular weight is 312 g/mol. The van der Waals surface area contributed by atoms with E-state index in [9.17, 15) is 8.42 Å². The van der Waals surface area contributed by atoms with Gasteiger partial charge in [0, 0.05) is 13.6 Å². The number of sulfonamides is 1. The fourth-order valence-corrected chi connectivity index (χ4v) is 2.75. The largest absolute Gasteiger partial charge is 0.295 e. The van der Waals surface area contributed by atoms with Crippen LogP contribution in [0.5, 0.6) is 0 Å². The Bertz CT molecular complexity index is 744. The highest BCUT2D eigenvalue weighted by atomic mass is 32.2. The smallest absolute Gasteiger partial charge is 0.273 e. The number of rotatable bonds is 5. The lowest BCUT2D eigenvalue weighted by molar-refractivity contribution is 0.485. The quantitative estimate of drug-likeness (QED) is 0.867. The SMILES string of the molecule is CCc1cc(-c2nnc(S(N)(=O)=O)n2CC(C)C)n(C)n1. The Balaban J connectivity index is 2.63. The third-order valence-corrected chi connectivity index (χ3v) is 3.85. The van der Waals surface area contributed by atoms with E-state index in [0.29, 0.717) is 12.4 Å². The third kappa shape index (κ3) is 3.13. The summed E-state index contributed by atoms with van der Waals surface area (Å²) in [5, 5.41) is 17.1. The number of hydrogen-bond acceptors (Lipinski definition) is 5. The maximum absolute atomic E-state index is 11.7. The third-order valence-electron chi connectivity index (χ3n) is 3.04. The molecule has 8 nitrogen and oxygen atoms in total. The van der Waals surface area contributed by atoms with Crippen LogP contribution in [0.4, 0.5) is 0 Å². The molecule has 2 aromatic rings. The molecule has 2 heterocycles. The van der Waals surface area contributed by atoms with Gasteiger partial charge in [-0.3, -0.25) is 9.25 Å². The highest BCUT2D eigenvalue weighted by Crippen LogP contribution is 2.22. The molecule has 0 fully saturated rings. The van der Waals surface area contributed by atoms with E-state index in [0.717, 1.165) is 17.8 Å². The summed E-state index contributed by atoms with van der Waals surface area (Å²) < 4.78 is 26.5. The molecule has 0 radical (unpaired) electrons. The number of hydrogen-bond donors (Lipinski definition) is 1.